The minimum atomic E-state index is -0.562. The Bertz CT molecular complexity index is 828. The van der Waals surface area contributed by atoms with Crippen molar-refractivity contribution in [1.82, 2.24) is 5.32 Å². The van der Waals surface area contributed by atoms with E-state index in [-0.39, 0.29) is 29.5 Å². The number of ether oxygens (including phenoxy) is 1. The Hall–Kier alpha value is -3.61. The molecule has 2 N–H and O–H groups in total. The molecule has 0 atom stereocenters. The molecule has 2 aromatic rings. The lowest BCUT2D eigenvalue weighted by Gasteiger charge is -2.05. The molecule has 26 heavy (non-hydrogen) atoms. The summed E-state index contributed by atoms with van der Waals surface area (Å²) < 4.78 is 5.37. The van der Waals surface area contributed by atoms with E-state index >= 15 is 0 Å². The number of hydrogen-bond donors (Lipinski definition) is 2. The van der Waals surface area contributed by atoms with Gasteiger partial charge in [0, 0.05) is 30.3 Å². The molecule has 2 rings (SSSR count). The SMILES string of the molecule is C=CCOc1ccc(/C=C/C(=O)NCc2cc([N+](=O)[O-])ccc2O)cc1. The van der Waals surface area contributed by atoms with Crippen LogP contribution in [0, 0.1) is 10.1 Å². The van der Waals surface area contributed by atoms with Gasteiger partial charge in [-0.25, -0.2) is 0 Å². The van der Waals surface area contributed by atoms with E-state index in [0.717, 1.165) is 5.56 Å². The number of rotatable bonds is 8. The number of hydrogen-bond acceptors (Lipinski definition) is 5. The van der Waals surface area contributed by atoms with Crippen LogP contribution in [0.1, 0.15) is 11.1 Å². The molecule has 0 spiro atoms. The molecule has 0 saturated carbocycles. The van der Waals surface area contributed by atoms with Crippen LogP contribution >= 0.6 is 0 Å². The van der Waals surface area contributed by atoms with Crippen molar-refractivity contribution in [3.63, 3.8) is 0 Å². The summed E-state index contributed by atoms with van der Waals surface area (Å²) in [6.07, 6.45) is 4.62. The van der Waals surface area contributed by atoms with Crippen LogP contribution in [0.4, 0.5) is 5.69 Å². The number of non-ortho nitro benzene ring substituents is 1. The standard InChI is InChI=1S/C19H18N2O5/c1-2-11-26-17-7-3-14(4-8-17)5-10-19(23)20-13-15-12-16(21(24)25)6-9-18(15)22/h2-10,12,22H,1,11,13H2,(H,20,23)/b10-5+. The highest BCUT2D eigenvalue weighted by Gasteiger charge is 2.10. The number of nitrogens with one attached hydrogen (secondary N) is 1. The molecule has 7 heteroatoms. The van der Waals surface area contributed by atoms with Crippen molar-refractivity contribution >= 4 is 17.7 Å². The smallest absolute Gasteiger partial charge is 0.270 e. The van der Waals surface area contributed by atoms with E-state index in [2.05, 4.69) is 11.9 Å². The second-order valence-corrected chi connectivity index (χ2v) is 5.29. The maximum absolute atomic E-state index is 11.9. The van der Waals surface area contributed by atoms with Crippen LogP contribution in [0.25, 0.3) is 6.08 Å². The Balaban J connectivity index is 1.92. The van der Waals surface area contributed by atoms with Crippen LogP contribution in [-0.4, -0.2) is 22.5 Å². The minimum Gasteiger partial charge on any atom is -0.508 e. The van der Waals surface area contributed by atoms with E-state index in [1.807, 2.05) is 0 Å². The molecule has 0 aromatic heterocycles. The summed E-state index contributed by atoms with van der Waals surface area (Å²) in [7, 11) is 0. The molecule has 2 aromatic carbocycles. The number of carbonyl (C=O) groups is 1. The van der Waals surface area contributed by atoms with Crippen LogP contribution in [0.15, 0.2) is 61.2 Å². The van der Waals surface area contributed by atoms with Crippen LogP contribution < -0.4 is 10.1 Å². The van der Waals surface area contributed by atoms with Crippen molar-refractivity contribution in [3.05, 3.63) is 82.4 Å². The predicted molar refractivity (Wildman–Crippen MR) is 97.8 cm³/mol. The van der Waals surface area contributed by atoms with Gasteiger partial charge in [0.2, 0.25) is 5.91 Å². The van der Waals surface area contributed by atoms with Gasteiger partial charge in [-0.3, -0.25) is 14.9 Å². The number of carbonyl (C=O) groups excluding carboxylic acids is 1. The number of aromatic hydroxyl groups is 1. The Morgan fingerprint density at radius 3 is 2.65 bits per heavy atom. The number of nitro benzene ring substituents is 1. The summed E-state index contributed by atoms with van der Waals surface area (Å²) >= 11 is 0. The molecule has 0 fully saturated rings. The maximum atomic E-state index is 11.9. The van der Waals surface area contributed by atoms with Gasteiger partial charge in [-0.15, -0.1) is 0 Å². The Morgan fingerprint density at radius 1 is 1.27 bits per heavy atom. The first kappa shape index (κ1) is 18.7. The number of phenols is 1. The zero-order valence-electron chi connectivity index (χ0n) is 13.9. The Kier molecular flexibility index (Phi) is 6.50. The molecule has 134 valence electrons. The van der Waals surface area contributed by atoms with E-state index in [9.17, 15) is 20.0 Å². The number of nitro groups is 1. The largest absolute Gasteiger partial charge is 0.508 e. The summed E-state index contributed by atoms with van der Waals surface area (Å²) in [4.78, 5) is 22.1. The average Bonchev–Trinajstić information content (AvgIpc) is 2.64. The highest BCUT2D eigenvalue weighted by atomic mass is 16.6. The van der Waals surface area contributed by atoms with E-state index in [0.29, 0.717) is 12.4 Å². The van der Waals surface area contributed by atoms with Gasteiger partial charge in [-0.2, -0.15) is 0 Å². The number of nitrogens with zero attached hydrogens (tertiary/aromatic N) is 1. The van der Waals surface area contributed by atoms with Gasteiger partial charge in [0.15, 0.2) is 0 Å². The zero-order chi connectivity index (χ0) is 18.9. The summed E-state index contributed by atoms with van der Waals surface area (Å²) in [5.41, 5.74) is 0.926. The molecule has 0 heterocycles. The van der Waals surface area contributed by atoms with Crippen molar-refractivity contribution in [1.29, 1.82) is 0 Å². The molecule has 7 nitrogen and oxygen atoms in total. The molecule has 0 aliphatic heterocycles. The maximum Gasteiger partial charge on any atom is 0.270 e. The van der Waals surface area contributed by atoms with Crippen LogP contribution in [-0.2, 0) is 11.3 Å². The lowest BCUT2D eigenvalue weighted by atomic mass is 10.1. The Morgan fingerprint density at radius 2 is 2.00 bits per heavy atom. The van der Waals surface area contributed by atoms with Gasteiger partial charge in [0.1, 0.15) is 18.1 Å². The van der Waals surface area contributed by atoms with Crippen molar-refractivity contribution in [2.24, 2.45) is 0 Å². The van der Waals surface area contributed by atoms with E-state index in [1.54, 1.807) is 36.4 Å². The van der Waals surface area contributed by atoms with E-state index in [1.165, 1.54) is 24.3 Å². The topological polar surface area (TPSA) is 102 Å². The van der Waals surface area contributed by atoms with Crippen molar-refractivity contribution in [2.45, 2.75) is 6.54 Å². The molecule has 0 unspecified atom stereocenters. The lowest BCUT2D eigenvalue weighted by molar-refractivity contribution is -0.384. The van der Waals surface area contributed by atoms with Gasteiger partial charge in [-0.1, -0.05) is 24.8 Å². The molecule has 0 radical (unpaired) electrons. The molecule has 0 aliphatic rings. The number of benzene rings is 2. The van der Waals surface area contributed by atoms with Crippen molar-refractivity contribution in [3.8, 4) is 11.5 Å². The van der Waals surface area contributed by atoms with Gasteiger partial charge < -0.3 is 15.2 Å². The molecule has 1 amide bonds. The second kappa shape index (κ2) is 9.03. The number of phenolic OH excluding ortho intramolecular Hbond substituents is 1. The second-order valence-electron chi connectivity index (χ2n) is 5.29. The minimum absolute atomic E-state index is 0.0228. The zero-order valence-corrected chi connectivity index (χ0v) is 13.9. The van der Waals surface area contributed by atoms with Crippen LogP contribution in [0.5, 0.6) is 11.5 Å². The fraction of sp³-hybridized carbons (Fsp3) is 0.105. The third kappa shape index (κ3) is 5.48. The summed E-state index contributed by atoms with van der Waals surface area (Å²) in [5, 5.41) is 23.0. The fourth-order valence-corrected chi connectivity index (χ4v) is 2.07. The molecule has 0 bridgehead atoms. The molecular weight excluding hydrogens is 336 g/mol. The van der Waals surface area contributed by atoms with Crippen LogP contribution in [0.2, 0.25) is 0 Å². The summed E-state index contributed by atoms with van der Waals surface area (Å²) in [6.45, 7) is 3.97. The predicted octanol–water partition coefficient (Wildman–Crippen LogP) is 3.19. The first-order valence-electron chi connectivity index (χ1n) is 7.75. The van der Waals surface area contributed by atoms with Crippen molar-refractivity contribution < 1.29 is 19.6 Å². The van der Waals surface area contributed by atoms with Crippen molar-refractivity contribution in [2.75, 3.05) is 6.61 Å². The lowest BCUT2D eigenvalue weighted by Crippen LogP contribution is -2.20. The third-order valence-electron chi connectivity index (χ3n) is 3.40. The molecular formula is C19H18N2O5. The molecule has 0 saturated heterocycles. The first-order valence-corrected chi connectivity index (χ1v) is 7.75. The Labute approximate surface area is 150 Å². The highest BCUT2D eigenvalue weighted by molar-refractivity contribution is 5.91. The van der Waals surface area contributed by atoms with Gasteiger partial charge in [-0.05, 0) is 29.8 Å². The first-order chi connectivity index (χ1) is 12.5. The van der Waals surface area contributed by atoms with E-state index < -0.39 is 4.92 Å². The third-order valence-corrected chi connectivity index (χ3v) is 3.40. The van der Waals surface area contributed by atoms with Crippen LogP contribution in [0.3, 0.4) is 0 Å². The monoisotopic (exact) mass is 354 g/mol. The highest BCUT2D eigenvalue weighted by Crippen LogP contribution is 2.22. The summed E-state index contributed by atoms with van der Waals surface area (Å²) in [6, 6.07) is 10.8. The number of amides is 1. The van der Waals surface area contributed by atoms with Gasteiger partial charge >= 0.3 is 0 Å². The quantitative estimate of drug-likeness (QED) is 0.328. The van der Waals surface area contributed by atoms with Gasteiger partial charge in [0.05, 0.1) is 4.92 Å². The fourth-order valence-electron chi connectivity index (χ4n) is 2.07. The van der Waals surface area contributed by atoms with Gasteiger partial charge in [0.25, 0.3) is 5.69 Å². The summed E-state index contributed by atoms with van der Waals surface area (Å²) in [5.74, 6) is 0.200. The van der Waals surface area contributed by atoms with E-state index in [4.69, 9.17) is 4.74 Å². The molecule has 0 aliphatic carbocycles. The average molecular weight is 354 g/mol. The normalized spacial score (nSPS) is 10.5.